The zero-order chi connectivity index (χ0) is 20.0. The molecule has 0 heterocycles. The monoisotopic (exact) mass is 379 g/mol. The summed E-state index contributed by atoms with van der Waals surface area (Å²) >= 11 is 0. The summed E-state index contributed by atoms with van der Waals surface area (Å²) in [6.07, 6.45) is 2.04. The summed E-state index contributed by atoms with van der Waals surface area (Å²) in [5.41, 5.74) is 0.852. The predicted octanol–water partition coefficient (Wildman–Crippen LogP) is 3.36. The Balaban J connectivity index is 2.47. The second-order valence-electron chi connectivity index (χ2n) is 7.26. The molecule has 154 valence electrons. The van der Waals surface area contributed by atoms with Crippen LogP contribution in [0.1, 0.15) is 46.1 Å². The number of aliphatic imine (C=N–C) groups is 1. The molecule has 0 unspecified atom stereocenters. The first-order valence-electron chi connectivity index (χ1n) is 9.82. The molecule has 0 saturated carbocycles. The Morgan fingerprint density at radius 1 is 1.04 bits per heavy atom. The number of rotatable bonds is 12. The minimum Gasteiger partial charge on any atom is -0.488 e. The van der Waals surface area contributed by atoms with Gasteiger partial charge in [-0.2, -0.15) is 0 Å². The SMILES string of the molecule is CCNC(=NCc1ccccc1OC(C)(C)C)NCCCCOCCOC. The molecule has 0 radical (unpaired) electrons. The van der Waals surface area contributed by atoms with E-state index in [0.717, 1.165) is 49.8 Å². The van der Waals surface area contributed by atoms with Gasteiger partial charge in [0, 0.05) is 32.4 Å². The van der Waals surface area contributed by atoms with E-state index < -0.39 is 0 Å². The van der Waals surface area contributed by atoms with Gasteiger partial charge in [0.25, 0.3) is 0 Å². The average molecular weight is 380 g/mol. The molecule has 1 rings (SSSR count). The summed E-state index contributed by atoms with van der Waals surface area (Å²) in [6.45, 7) is 12.5. The molecule has 27 heavy (non-hydrogen) atoms. The van der Waals surface area contributed by atoms with Crippen molar-refractivity contribution < 1.29 is 14.2 Å². The van der Waals surface area contributed by atoms with Gasteiger partial charge in [-0.3, -0.25) is 0 Å². The van der Waals surface area contributed by atoms with Crippen LogP contribution in [0.25, 0.3) is 0 Å². The number of benzene rings is 1. The van der Waals surface area contributed by atoms with E-state index in [2.05, 4.69) is 44.4 Å². The number of hydrogen-bond donors (Lipinski definition) is 2. The number of methoxy groups -OCH3 is 1. The van der Waals surface area contributed by atoms with Crippen molar-refractivity contribution in [3.8, 4) is 5.75 Å². The van der Waals surface area contributed by atoms with Crippen molar-refractivity contribution in [1.82, 2.24) is 10.6 Å². The second-order valence-corrected chi connectivity index (χ2v) is 7.26. The first-order valence-corrected chi connectivity index (χ1v) is 9.82. The van der Waals surface area contributed by atoms with E-state index in [-0.39, 0.29) is 5.60 Å². The normalized spacial score (nSPS) is 12.1. The molecule has 0 aliphatic carbocycles. The predicted molar refractivity (Wildman–Crippen MR) is 112 cm³/mol. The second kappa shape index (κ2) is 13.4. The zero-order valence-electron chi connectivity index (χ0n) is 17.6. The lowest BCUT2D eigenvalue weighted by molar-refractivity contribution is 0.0689. The van der Waals surface area contributed by atoms with Gasteiger partial charge in [0.2, 0.25) is 0 Å². The summed E-state index contributed by atoms with van der Waals surface area (Å²) < 4.78 is 16.5. The Morgan fingerprint density at radius 2 is 1.81 bits per heavy atom. The third kappa shape index (κ3) is 11.5. The maximum Gasteiger partial charge on any atom is 0.191 e. The van der Waals surface area contributed by atoms with Gasteiger partial charge in [0.1, 0.15) is 11.4 Å². The topological polar surface area (TPSA) is 64.1 Å². The van der Waals surface area contributed by atoms with Gasteiger partial charge in [0.05, 0.1) is 19.8 Å². The van der Waals surface area contributed by atoms with Crippen LogP contribution in [0.2, 0.25) is 0 Å². The summed E-state index contributed by atoms with van der Waals surface area (Å²) in [5.74, 6) is 1.71. The van der Waals surface area contributed by atoms with E-state index >= 15 is 0 Å². The Labute approximate surface area is 164 Å². The van der Waals surface area contributed by atoms with Gasteiger partial charge in [-0.25, -0.2) is 4.99 Å². The molecule has 0 aliphatic heterocycles. The smallest absolute Gasteiger partial charge is 0.191 e. The van der Waals surface area contributed by atoms with E-state index in [1.807, 2.05) is 18.2 Å². The highest BCUT2D eigenvalue weighted by Crippen LogP contribution is 2.23. The van der Waals surface area contributed by atoms with Crippen LogP contribution in [0.4, 0.5) is 0 Å². The van der Waals surface area contributed by atoms with Crippen LogP contribution in [0.15, 0.2) is 29.3 Å². The van der Waals surface area contributed by atoms with E-state index in [0.29, 0.717) is 19.8 Å². The van der Waals surface area contributed by atoms with Gasteiger partial charge in [-0.15, -0.1) is 0 Å². The minimum atomic E-state index is -0.228. The van der Waals surface area contributed by atoms with Crippen LogP contribution in [-0.4, -0.2) is 51.6 Å². The van der Waals surface area contributed by atoms with Crippen molar-refractivity contribution in [2.24, 2.45) is 4.99 Å². The highest BCUT2D eigenvalue weighted by molar-refractivity contribution is 5.79. The van der Waals surface area contributed by atoms with E-state index in [1.165, 1.54) is 0 Å². The number of guanidine groups is 1. The van der Waals surface area contributed by atoms with E-state index in [4.69, 9.17) is 19.2 Å². The van der Waals surface area contributed by atoms with Crippen LogP contribution in [0, 0.1) is 0 Å². The Hall–Kier alpha value is -1.79. The van der Waals surface area contributed by atoms with Gasteiger partial charge < -0.3 is 24.8 Å². The summed E-state index contributed by atoms with van der Waals surface area (Å²) in [4.78, 5) is 4.70. The van der Waals surface area contributed by atoms with Gasteiger partial charge in [-0.1, -0.05) is 18.2 Å². The molecular weight excluding hydrogens is 342 g/mol. The Bertz CT molecular complexity index is 542. The molecule has 2 N–H and O–H groups in total. The molecule has 0 aromatic heterocycles. The molecule has 0 saturated heterocycles. The van der Waals surface area contributed by atoms with Gasteiger partial charge >= 0.3 is 0 Å². The van der Waals surface area contributed by atoms with Gasteiger partial charge in [0.15, 0.2) is 5.96 Å². The summed E-state index contributed by atoms with van der Waals surface area (Å²) in [5, 5.41) is 6.67. The van der Waals surface area contributed by atoms with Crippen LogP contribution < -0.4 is 15.4 Å². The van der Waals surface area contributed by atoms with Crippen LogP contribution in [0.5, 0.6) is 5.75 Å². The molecule has 0 amide bonds. The van der Waals surface area contributed by atoms with Crippen LogP contribution >= 0.6 is 0 Å². The standard InChI is InChI=1S/C21H37N3O3/c1-6-22-20(23-13-9-10-14-26-16-15-25-5)24-17-18-11-7-8-12-19(18)27-21(2,3)4/h7-8,11-12H,6,9-10,13-17H2,1-5H3,(H2,22,23,24). The number of para-hydroxylation sites is 1. The highest BCUT2D eigenvalue weighted by atomic mass is 16.5. The van der Waals surface area contributed by atoms with Gasteiger partial charge in [-0.05, 0) is 46.6 Å². The van der Waals surface area contributed by atoms with Crippen molar-refractivity contribution in [3.63, 3.8) is 0 Å². The number of hydrogen-bond acceptors (Lipinski definition) is 4. The van der Waals surface area contributed by atoms with Crippen LogP contribution in [-0.2, 0) is 16.0 Å². The average Bonchev–Trinajstić information content (AvgIpc) is 2.61. The molecule has 1 aromatic carbocycles. The Morgan fingerprint density at radius 3 is 2.52 bits per heavy atom. The maximum atomic E-state index is 6.05. The molecule has 0 aliphatic rings. The van der Waals surface area contributed by atoms with E-state index in [1.54, 1.807) is 7.11 Å². The first-order chi connectivity index (χ1) is 13.0. The molecule has 6 nitrogen and oxygen atoms in total. The number of ether oxygens (including phenoxy) is 3. The summed E-state index contributed by atoms with van der Waals surface area (Å²) in [6, 6.07) is 8.07. The van der Waals surface area contributed by atoms with Crippen molar-refractivity contribution in [1.29, 1.82) is 0 Å². The fourth-order valence-corrected chi connectivity index (χ4v) is 2.35. The molecule has 0 atom stereocenters. The lowest BCUT2D eigenvalue weighted by atomic mass is 10.1. The molecule has 1 aromatic rings. The number of nitrogens with zero attached hydrogens (tertiary/aromatic N) is 1. The van der Waals surface area contributed by atoms with Crippen molar-refractivity contribution >= 4 is 5.96 Å². The van der Waals surface area contributed by atoms with E-state index in [9.17, 15) is 0 Å². The third-order valence-electron chi connectivity index (χ3n) is 3.58. The fourth-order valence-electron chi connectivity index (χ4n) is 2.35. The third-order valence-corrected chi connectivity index (χ3v) is 3.58. The van der Waals surface area contributed by atoms with Crippen molar-refractivity contribution in [2.75, 3.05) is 40.0 Å². The molecule has 0 fully saturated rings. The minimum absolute atomic E-state index is 0.228. The Kier molecular flexibility index (Phi) is 11.5. The summed E-state index contributed by atoms with van der Waals surface area (Å²) in [7, 11) is 1.68. The number of nitrogens with one attached hydrogen (secondary N) is 2. The molecule has 6 heteroatoms. The van der Waals surface area contributed by atoms with Crippen LogP contribution in [0.3, 0.4) is 0 Å². The van der Waals surface area contributed by atoms with Crippen molar-refractivity contribution in [3.05, 3.63) is 29.8 Å². The highest BCUT2D eigenvalue weighted by Gasteiger charge is 2.14. The number of unbranched alkanes of at least 4 members (excludes halogenated alkanes) is 1. The lowest BCUT2D eigenvalue weighted by Crippen LogP contribution is -2.37. The zero-order valence-corrected chi connectivity index (χ0v) is 17.6. The quantitative estimate of drug-likeness (QED) is 0.331. The first kappa shape index (κ1) is 23.2. The molecular formula is C21H37N3O3. The fraction of sp³-hybridized carbons (Fsp3) is 0.667. The maximum absolute atomic E-state index is 6.05. The molecule has 0 spiro atoms. The van der Waals surface area contributed by atoms with Crippen molar-refractivity contribution in [2.45, 2.75) is 52.7 Å². The lowest BCUT2D eigenvalue weighted by Gasteiger charge is -2.23. The largest absolute Gasteiger partial charge is 0.488 e. The molecule has 0 bridgehead atoms.